The van der Waals surface area contributed by atoms with E-state index in [4.69, 9.17) is 9.47 Å². The van der Waals surface area contributed by atoms with Gasteiger partial charge >= 0.3 is 0 Å². The van der Waals surface area contributed by atoms with Gasteiger partial charge in [-0.3, -0.25) is 9.78 Å². The van der Waals surface area contributed by atoms with Gasteiger partial charge in [-0.1, -0.05) is 24.3 Å². The molecular weight excluding hydrogens is 340 g/mol. The molecule has 0 radical (unpaired) electrons. The molecule has 27 heavy (non-hydrogen) atoms. The highest BCUT2D eigenvalue weighted by Gasteiger charge is 2.10. The topological polar surface area (TPSA) is 60.5 Å². The lowest BCUT2D eigenvalue weighted by molar-refractivity contribution is -0.115. The molecule has 2 aromatic carbocycles. The minimum atomic E-state index is -0.115. The number of hydrogen-bond donors (Lipinski definition) is 1. The summed E-state index contributed by atoms with van der Waals surface area (Å²) >= 11 is 0. The van der Waals surface area contributed by atoms with E-state index in [9.17, 15) is 4.79 Å². The van der Waals surface area contributed by atoms with E-state index in [-0.39, 0.29) is 18.4 Å². The lowest BCUT2D eigenvalue weighted by Gasteiger charge is -2.14. The highest BCUT2D eigenvalue weighted by molar-refractivity contribution is 5.92. The second-order valence-electron chi connectivity index (χ2n) is 6.31. The fourth-order valence-corrected chi connectivity index (χ4v) is 2.58. The van der Waals surface area contributed by atoms with E-state index >= 15 is 0 Å². The van der Waals surface area contributed by atoms with Crippen LogP contribution < -0.4 is 14.8 Å². The molecule has 5 heteroatoms. The van der Waals surface area contributed by atoms with Crippen molar-refractivity contribution in [2.45, 2.75) is 26.4 Å². The van der Waals surface area contributed by atoms with Gasteiger partial charge in [-0.2, -0.15) is 0 Å². The first-order chi connectivity index (χ1) is 13.1. The number of hydrogen-bond acceptors (Lipinski definition) is 4. The van der Waals surface area contributed by atoms with Crippen LogP contribution in [0.1, 0.15) is 19.4 Å². The van der Waals surface area contributed by atoms with Gasteiger partial charge in [-0.05, 0) is 44.2 Å². The summed E-state index contributed by atoms with van der Waals surface area (Å²) in [5.74, 6) is 1.95. The molecule has 0 fully saturated rings. The quantitative estimate of drug-likeness (QED) is 0.653. The maximum absolute atomic E-state index is 12.5. The molecule has 3 rings (SSSR count). The van der Waals surface area contributed by atoms with Crippen molar-refractivity contribution >= 4 is 11.6 Å². The maximum atomic E-state index is 12.5. The Bertz CT molecular complexity index is 895. The Kier molecular flexibility index (Phi) is 6.05. The normalized spacial score (nSPS) is 10.5. The fourth-order valence-electron chi connectivity index (χ4n) is 2.58. The summed E-state index contributed by atoms with van der Waals surface area (Å²) < 4.78 is 11.5. The fraction of sp³-hybridized carbons (Fsp3) is 0.182. The van der Waals surface area contributed by atoms with Crippen LogP contribution in [0.25, 0.3) is 0 Å². The summed E-state index contributed by atoms with van der Waals surface area (Å²) in [6, 6.07) is 18.4. The monoisotopic (exact) mass is 362 g/mol. The molecule has 0 aliphatic heterocycles. The van der Waals surface area contributed by atoms with Gasteiger partial charge in [0.1, 0.15) is 17.2 Å². The van der Waals surface area contributed by atoms with E-state index in [2.05, 4.69) is 10.3 Å². The number of para-hydroxylation sites is 1. The lowest BCUT2D eigenvalue weighted by Crippen LogP contribution is -2.16. The third-order valence-corrected chi connectivity index (χ3v) is 3.69. The Hall–Kier alpha value is -3.34. The zero-order valence-corrected chi connectivity index (χ0v) is 15.4. The van der Waals surface area contributed by atoms with Crippen molar-refractivity contribution in [3.63, 3.8) is 0 Å². The summed E-state index contributed by atoms with van der Waals surface area (Å²) in [6.45, 7) is 3.93. The van der Waals surface area contributed by atoms with Gasteiger partial charge in [0.15, 0.2) is 0 Å². The summed E-state index contributed by atoms with van der Waals surface area (Å²) in [4.78, 5) is 16.4. The predicted octanol–water partition coefficient (Wildman–Crippen LogP) is 4.84. The highest BCUT2D eigenvalue weighted by atomic mass is 16.5. The SMILES string of the molecule is CC(C)Oc1ccccc1CC(=O)Nc1cccc(Oc2ccncc2)c1. The number of ether oxygens (including phenoxy) is 2. The van der Waals surface area contributed by atoms with Crippen LogP contribution in [-0.2, 0) is 11.2 Å². The summed E-state index contributed by atoms with van der Waals surface area (Å²) in [5.41, 5.74) is 1.53. The second kappa shape index (κ2) is 8.85. The molecule has 0 spiro atoms. The van der Waals surface area contributed by atoms with Crippen LogP contribution in [-0.4, -0.2) is 17.0 Å². The highest BCUT2D eigenvalue weighted by Crippen LogP contribution is 2.24. The Balaban J connectivity index is 1.66. The molecular formula is C22H22N2O3. The van der Waals surface area contributed by atoms with Gasteiger partial charge < -0.3 is 14.8 Å². The number of pyridine rings is 1. The minimum Gasteiger partial charge on any atom is -0.491 e. The number of benzene rings is 2. The molecule has 0 bridgehead atoms. The molecule has 138 valence electrons. The van der Waals surface area contributed by atoms with E-state index in [1.807, 2.05) is 56.3 Å². The number of anilines is 1. The van der Waals surface area contributed by atoms with Gasteiger partial charge in [-0.15, -0.1) is 0 Å². The maximum Gasteiger partial charge on any atom is 0.228 e. The second-order valence-corrected chi connectivity index (χ2v) is 6.31. The third-order valence-electron chi connectivity index (χ3n) is 3.69. The van der Waals surface area contributed by atoms with Crippen molar-refractivity contribution in [2.24, 2.45) is 0 Å². The van der Waals surface area contributed by atoms with Crippen LogP contribution in [0.5, 0.6) is 17.2 Å². The van der Waals surface area contributed by atoms with Crippen LogP contribution in [0, 0.1) is 0 Å². The lowest BCUT2D eigenvalue weighted by atomic mass is 10.1. The zero-order valence-electron chi connectivity index (χ0n) is 15.4. The Morgan fingerprint density at radius 3 is 2.56 bits per heavy atom. The van der Waals surface area contributed by atoms with Gasteiger partial charge in [0.25, 0.3) is 0 Å². The molecule has 0 aliphatic carbocycles. The van der Waals surface area contributed by atoms with Crippen molar-refractivity contribution in [1.82, 2.24) is 4.98 Å². The van der Waals surface area contributed by atoms with E-state index in [1.165, 1.54) is 0 Å². The van der Waals surface area contributed by atoms with Gasteiger partial charge in [-0.25, -0.2) is 0 Å². The van der Waals surface area contributed by atoms with Crippen LogP contribution in [0.3, 0.4) is 0 Å². The number of nitrogens with one attached hydrogen (secondary N) is 1. The predicted molar refractivity (Wildman–Crippen MR) is 105 cm³/mol. The molecule has 1 aromatic heterocycles. The van der Waals surface area contributed by atoms with E-state index in [0.29, 0.717) is 17.2 Å². The molecule has 0 atom stereocenters. The van der Waals surface area contributed by atoms with Crippen molar-refractivity contribution in [3.05, 3.63) is 78.6 Å². The standard InChI is InChI=1S/C22H22N2O3/c1-16(2)26-21-9-4-3-6-17(21)14-22(25)24-18-7-5-8-20(15-18)27-19-10-12-23-13-11-19/h3-13,15-16H,14H2,1-2H3,(H,24,25). The molecule has 0 unspecified atom stereocenters. The van der Waals surface area contributed by atoms with E-state index in [1.54, 1.807) is 30.6 Å². The van der Waals surface area contributed by atoms with Crippen molar-refractivity contribution in [1.29, 1.82) is 0 Å². The summed E-state index contributed by atoms with van der Waals surface area (Å²) in [5, 5.41) is 2.91. The van der Waals surface area contributed by atoms with Crippen LogP contribution in [0.4, 0.5) is 5.69 Å². The Labute approximate surface area is 159 Å². The summed E-state index contributed by atoms with van der Waals surface area (Å²) in [6.07, 6.45) is 3.62. The minimum absolute atomic E-state index is 0.0521. The largest absolute Gasteiger partial charge is 0.491 e. The van der Waals surface area contributed by atoms with Crippen LogP contribution >= 0.6 is 0 Å². The van der Waals surface area contributed by atoms with Gasteiger partial charge in [0.05, 0.1) is 12.5 Å². The van der Waals surface area contributed by atoms with E-state index in [0.717, 1.165) is 11.3 Å². The average Bonchev–Trinajstić information content (AvgIpc) is 2.64. The van der Waals surface area contributed by atoms with Crippen molar-refractivity contribution in [2.75, 3.05) is 5.32 Å². The molecule has 1 amide bonds. The first-order valence-corrected chi connectivity index (χ1v) is 8.82. The Morgan fingerprint density at radius 2 is 1.78 bits per heavy atom. The molecule has 0 aliphatic rings. The zero-order chi connectivity index (χ0) is 19.1. The van der Waals surface area contributed by atoms with Crippen LogP contribution in [0.15, 0.2) is 73.1 Å². The molecule has 1 heterocycles. The smallest absolute Gasteiger partial charge is 0.228 e. The average molecular weight is 362 g/mol. The number of carbonyl (C=O) groups is 1. The summed E-state index contributed by atoms with van der Waals surface area (Å²) in [7, 11) is 0. The molecule has 0 saturated carbocycles. The van der Waals surface area contributed by atoms with Crippen molar-refractivity contribution in [3.8, 4) is 17.2 Å². The molecule has 1 N–H and O–H groups in total. The first-order valence-electron chi connectivity index (χ1n) is 8.82. The number of carbonyl (C=O) groups excluding carboxylic acids is 1. The molecule has 3 aromatic rings. The van der Waals surface area contributed by atoms with Crippen molar-refractivity contribution < 1.29 is 14.3 Å². The number of nitrogens with zero attached hydrogens (tertiary/aromatic N) is 1. The number of aromatic nitrogens is 1. The number of amides is 1. The van der Waals surface area contributed by atoms with Crippen LogP contribution in [0.2, 0.25) is 0 Å². The van der Waals surface area contributed by atoms with Gasteiger partial charge in [0.2, 0.25) is 5.91 Å². The number of rotatable bonds is 7. The Morgan fingerprint density at radius 1 is 1.00 bits per heavy atom. The van der Waals surface area contributed by atoms with E-state index < -0.39 is 0 Å². The molecule has 0 saturated heterocycles. The molecule has 5 nitrogen and oxygen atoms in total. The van der Waals surface area contributed by atoms with Gasteiger partial charge in [0, 0.05) is 29.7 Å². The first kappa shape index (κ1) is 18.5. The third kappa shape index (κ3) is 5.57.